The molecule has 4 rings (SSSR count). The molecular formula is C25H34O8S. The van der Waals surface area contributed by atoms with E-state index >= 15 is 0 Å². The molecule has 3 fully saturated rings. The third-order valence-electron chi connectivity index (χ3n) is 9.35. The first-order valence-electron chi connectivity index (χ1n) is 12.1. The van der Waals surface area contributed by atoms with Gasteiger partial charge in [0.15, 0.2) is 11.6 Å². The molecule has 0 amide bonds. The van der Waals surface area contributed by atoms with Gasteiger partial charge in [0.05, 0.1) is 12.2 Å². The van der Waals surface area contributed by atoms with Crippen molar-refractivity contribution in [3.05, 3.63) is 23.5 Å². The highest BCUT2D eigenvalue weighted by atomic mass is 32.2. The van der Waals surface area contributed by atoms with Crippen LogP contribution in [0.2, 0.25) is 0 Å². The fourth-order valence-electron chi connectivity index (χ4n) is 7.88. The second-order valence-electron chi connectivity index (χ2n) is 11.1. The predicted octanol–water partition coefficient (Wildman–Crippen LogP) is 3.43. The highest BCUT2D eigenvalue weighted by Crippen LogP contribution is 2.67. The lowest BCUT2D eigenvalue weighted by molar-refractivity contribution is -0.151. The number of rotatable bonds is 6. The maximum Gasteiger partial charge on any atom is 0.307 e. The molecule has 4 aliphatic rings. The summed E-state index contributed by atoms with van der Waals surface area (Å²) < 4.78 is 35.5. The molecule has 0 aromatic rings. The Morgan fingerprint density at radius 1 is 1.18 bits per heavy atom. The first kappa shape index (κ1) is 25.1. The van der Waals surface area contributed by atoms with Gasteiger partial charge in [0.25, 0.3) is 10.1 Å². The van der Waals surface area contributed by atoms with E-state index in [0.29, 0.717) is 5.92 Å². The number of esters is 1. The van der Waals surface area contributed by atoms with Gasteiger partial charge >= 0.3 is 5.97 Å². The molecule has 0 aromatic carbocycles. The molecule has 0 saturated heterocycles. The van der Waals surface area contributed by atoms with Crippen LogP contribution in [0, 0.1) is 40.4 Å². The van der Waals surface area contributed by atoms with Crippen LogP contribution in [0.25, 0.3) is 0 Å². The minimum atomic E-state index is -4.27. The van der Waals surface area contributed by atoms with Crippen LogP contribution in [0.4, 0.5) is 0 Å². The standard InChI is InChI=1S/C25H34O8S/c1-14-10-19-17-5-4-15-11-16(26)12-21(28)25(15,3)18(17)6-8-24(19,2)23(14)20(27)13-33-22(29)7-9-34(30,31)32/h11-12,14,17-19,23,28H,4-10,13H2,1-3H3,(H,30,31,32)/t14-,17-,18+,19+,23-,24+,25+/m1/s1. The summed E-state index contributed by atoms with van der Waals surface area (Å²) in [6.07, 6.45) is 6.73. The summed E-state index contributed by atoms with van der Waals surface area (Å²) >= 11 is 0. The Kier molecular flexibility index (Phi) is 6.34. The van der Waals surface area contributed by atoms with Crippen LogP contribution in [0.5, 0.6) is 0 Å². The summed E-state index contributed by atoms with van der Waals surface area (Å²) in [6, 6.07) is 0. The van der Waals surface area contributed by atoms with Crippen LogP contribution in [-0.2, 0) is 29.2 Å². The SMILES string of the molecule is C[C@@H]1C[C@H]2[C@@H]3CCC4=CC(=O)C=C(O)[C@]4(C)[C@H]3CC[C@]2(C)[C@H]1C(=O)COC(=O)CCS(=O)(=O)O. The third kappa shape index (κ3) is 4.15. The lowest BCUT2D eigenvalue weighted by atomic mass is 9.47. The van der Waals surface area contributed by atoms with Crippen molar-refractivity contribution in [2.75, 3.05) is 12.4 Å². The first-order valence-corrected chi connectivity index (χ1v) is 13.7. The van der Waals surface area contributed by atoms with Gasteiger partial charge in [0.1, 0.15) is 12.4 Å². The van der Waals surface area contributed by atoms with Gasteiger partial charge < -0.3 is 9.84 Å². The van der Waals surface area contributed by atoms with Crippen molar-refractivity contribution >= 4 is 27.7 Å². The molecule has 2 N–H and O–H groups in total. The number of fused-ring (bicyclic) bond motifs is 5. The lowest BCUT2D eigenvalue weighted by Gasteiger charge is -2.57. The Bertz CT molecular complexity index is 1070. The molecule has 34 heavy (non-hydrogen) atoms. The Hall–Kier alpha value is -2.00. The zero-order valence-electron chi connectivity index (χ0n) is 20.0. The maximum absolute atomic E-state index is 13.2. The highest BCUT2D eigenvalue weighted by Gasteiger charge is 2.62. The number of aliphatic hydroxyl groups excluding tert-OH is 1. The summed E-state index contributed by atoms with van der Waals surface area (Å²) in [5.41, 5.74) is 0.226. The van der Waals surface area contributed by atoms with Gasteiger partial charge in [-0.3, -0.25) is 18.9 Å². The number of carbonyl (C=O) groups excluding carboxylic acids is 3. The van der Waals surface area contributed by atoms with Gasteiger partial charge in [0, 0.05) is 17.4 Å². The van der Waals surface area contributed by atoms with E-state index in [1.54, 1.807) is 6.08 Å². The van der Waals surface area contributed by atoms with E-state index in [1.165, 1.54) is 6.08 Å². The number of allylic oxidation sites excluding steroid dienone is 3. The average molecular weight is 495 g/mol. The number of ether oxygens (including phenoxy) is 1. The second kappa shape index (κ2) is 8.59. The Morgan fingerprint density at radius 3 is 2.56 bits per heavy atom. The minimum absolute atomic E-state index is 0.111. The summed E-state index contributed by atoms with van der Waals surface area (Å²) in [5.74, 6) is -1.05. The molecule has 0 radical (unpaired) electrons. The van der Waals surface area contributed by atoms with Gasteiger partial charge in [-0.2, -0.15) is 8.42 Å². The third-order valence-corrected chi connectivity index (χ3v) is 10.1. The smallest absolute Gasteiger partial charge is 0.307 e. The summed E-state index contributed by atoms with van der Waals surface area (Å²) in [5, 5.41) is 10.8. The quantitative estimate of drug-likeness (QED) is 0.423. The fraction of sp³-hybridized carbons (Fsp3) is 0.720. The molecule has 4 aliphatic carbocycles. The summed E-state index contributed by atoms with van der Waals surface area (Å²) in [4.78, 5) is 37.1. The molecule has 7 atom stereocenters. The second-order valence-corrected chi connectivity index (χ2v) is 12.7. The van der Waals surface area contributed by atoms with Gasteiger partial charge in [-0.1, -0.05) is 19.4 Å². The Balaban J connectivity index is 1.49. The van der Waals surface area contributed by atoms with E-state index in [1.807, 2.05) is 6.92 Å². The molecule has 8 nitrogen and oxygen atoms in total. The van der Waals surface area contributed by atoms with Crippen molar-refractivity contribution in [2.24, 2.45) is 40.4 Å². The van der Waals surface area contributed by atoms with E-state index < -0.39 is 40.3 Å². The number of aliphatic hydroxyl groups is 1. The van der Waals surface area contributed by atoms with Gasteiger partial charge in [-0.05, 0) is 74.2 Å². The molecule has 188 valence electrons. The van der Waals surface area contributed by atoms with E-state index in [-0.39, 0.29) is 46.4 Å². The number of hydrogen-bond acceptors (Lipinski definition) is 7. The van der Waals surface area contributed by atoms with Crippen LogP contribution in [0.15, 0.2) is 23.5 Å². The van der Waals surface area contributed by atoms with Crippen LogP contribution >= 0.6 is 0 Å². The van der Waals surface area contributed by atoms with Crippen LogP contribution in [0.1, 0.15) is 59.3 Å². The lowest BCUT2D eigenvalue weighted by Crippen LogP contribution is -2.51. The van der Waals surface area contributed by atoms with Crippen molar-refractivity contribution < 1.29 is 37.2 Å². The Morgan fingerprint density at radius 2 is 1.88 bits per heavy atom. The molecule has 0 heterocycles. The van der Waals surface area contributed by atoms with Crippen LogP contribution in [0.3, 0.4) is 0 Å². The van der Waals surface area contributed by atoms with Crippen molar-refractivity contribution in [2.45, 2.75) is 59.3 Å². The summed E-state index contributed by atoms with van der Waals surface area (Å²) in [7, 11) is -4.27. The normalized spacial score (nSPS) is 39.3. The molecule has 0 unspecified atom stereocenters. The molecule has 9 heteroatoms. The number of hydrogen-bond donors (Lipinski definition) is 2. The van der Waals surface area contributed by atoms with Crippen LogP contribution in [-0.4, -0.2) is 48.0 Å². The van der Waals surface area contributed by atoms with E-state index in [4.69, 9.17) is 9.29 Å². The Labute approximate surface area is 200 Å². The van der Waals surface area contributed by atoms with Crippen molar-refractivity contribution in [3.8, 4) is 0 Å². The van der Waals surface area contributed by atoms with Gasteiger partial charge in [-0.25, -0.2) is 0 Å². The molecule has 3 saturated carbocycles. The fourth-order valence-corrected chi connectivity index (χ4v) is 8.30. The number of ketones is 2. The van der Waals surface area contributed by atoms with Crippen LogP contribution < -0.4 is 0 Å². The number of Topliss-reactive ketones (excluding diaryl/α,β-unsaturated/α-hetero) is 1. The predicted molar refractivity (Wildman–Crippen MR) is 123 cm³/mol. The monoisotopic (exact) mass is 494 g/mol. The maximum atomic E-state index is 13.2. The van der Waals surface area contributed by atoms with Gasteiger partial charge in [-0.15, -0.1) is 0 Å². The van der Waals surface area contributed by atoms with Crippen molar-refractivity contribution in [3.63, 3.8) is 0 Å². The average Bonchev–Trinajstić information content (AvgIpc) is 3.01. The van der Waals surface area contributed by atoms with E-state index in [9.17, 15) is 27.9 Å². The topological polar surface area (TPSA) is 135 Å². The van der Waals surface area contributed by atoms with E-state index in [2.05, 4.69) is 13.8 Å². The highest BCUT2D eigenvalue weighted by molar-refractivity contribution is 7.85. The molecule has 0 aliphatic heterocycles. The van der Waals surface area contributed by atoms with E-state index in [0.717, 1.165) is 37.7 Å². The number of carbonyl (C=O) groups is 3. The molecule has 0 bridgehead atoms. The molecule has 0 aromatic heterocycles. The van der Waals surface area contributed by atoms with Gasteiger partial charge in [0.2, 0.25) is 0 Å². The van der Waals surface area contributed by atoms with Crippen molar-refractivity contribution in [1.82, 2.24) is 0 Å². The zero-order chi connectivity index (χ0) is 25.1. The molecule has 0 spiro atoms. The van der Waals surface area contributed by atoms with Crippen molar-refractivity contribution in [1.29, 1.82) is 0 Å². The zero-order valence-corrected chi connectivity index (χ0v) is 20.8. The summed E-state index contributed by atoms with van der Waals surface area (Å²) in [6.45, 7) is 5.87. The first-order chi connectivity index (χ1) is 15.8. The molecular weight excluding hydrogens is 460 g/mol. The largest absolute Gasteiger partial charge is 0.511 e. The minimum Gasteiger partial charge on any atom is -0.511 e.